The molecular weight excluding hydrogens is 343 g/mol. The van der Waals surface area contributed by atoms with Gasteiger partial charge >= 0.3 is 29.6 Å². The largest absolute Gasteiger partial charge is 1.00 e. The van der Waals surface area contributed by atoms with Gasteiger partial charge in [-0.3, -0.25) is 0 Å². The Morgan fingerprint density at radius 3 is 2.08 bits per heavy atom. The first-order valence-corrected chi connectivity index (χ1v) is 10.9. The van der Waals surface area contributed by atoms with Gasteiger partial charge < -0.3 is 4.55 Å². The van der Waals surface area contributed by atoms with Crippen LogP contribution in [0, 0.1) is 0 Å². The summed E-state index contributed by atoms with van der Waals surface area (Å²) < 4.78 is 35.1. The molecule has 5 heteroatoms. The van der Waals surface area contributed by atoms with E-state index in [0.29, 0.717) is 17.9 Å². The normalized spacial score (nSPS) is 12.6. The maximum atomic E-state index is 11.7. The second-order valence-electron chi connectivity index (χ2n) is 6.76. The molecule has 1 rings (SSSR count). The van der Waals surface area contributed by atoms with E-state index in [-0.39, 0.29) is 34.5 Å². The predicted molar refractivity (Wildman–Crippen MR) is 99.4 cm³/mol. The van der Waals surface area contributed by atoms with Crippen molar-refractivity contribution in [3.63, 3.8) is 0 Å². The summed E-state index contributed by atoms with van der Waals surface area (Å²) in [5, 5.41) is 0. The standard InChI is InChI=1S/C20H34O3S.Na/c1-4-7-10-13-17(11-8-5-2)19-15-14-18(12-9-6-3)20(16-19)24(21,22)23;/h14-17H,4-13H2,1-3H3,(H,21,22,23);/q;+1/p-1. The van der Waals surface area contributed by atoms with Crippen LogP contribution in [0.2, 0.25) is 0 Å². The van der Waals surface area contributed by atoms with E-state index in [0.717, 1.165) is 50.5 Å². The van der Waals surface area contributed by atoms with Gasteiger partial charge in [-0.1, -0.05) is 71.4 Å². The number of hydrogen-bond donors (Lipinski definition) is 0. The molecule has 0 aromatic heterocycles. The minimum atomic E-state index is -4.42. The molecule has 0 aliphatic carbocycles. The van der Waals surface area contributed by atoms with Gasteiger partial charge in [-0.2, -0.15) is 0 Å². The van der Waals surface area contributed by atoms with Gasteiger partial charge in [0.2, 0.25) is 0 Å². The minimum Gasteiger partial charge on any atom is -0.744 e. The molecule has 3 nitrogen and oxygen atoms in total. The van der Waals surface area contributed by atoms with Gasteiger partial charge in [0.15, 0.2) is 0 Å². The summed E-state index contributed by atoms with van der Waals surface area (Å²) >= 11 is 0. The van der Waals surface area contributed by atoms with Crippen molar-refractivity contribution in [2.24, 2.45) is 0 Å². The first kappa shape index (κ1) is 25.1. The fourth-order valence-electron chi connectivity index (χ4n) is 3.20. The monoisotopic (exact) mass is 376 g/mol. The topological polar surface area (TPSA) is 57.2 Å². The molecule has 1 unspecified atom stereocenters. The Morgan fingerprint density at radius 2 is 1.52 bits per heavy atom. The van der Waals surface area contributed by atoms with Gasteiger partial charge in [-0.25, -0.2) is 8.42 Å². The molecular formula is C20H33NaO3S. The molecule has 138 valence electrons. The van der Waals surface area contributed by atoms with E-state index in [1.54, 1.807) is 6.07 Å². The third-order valence-electron chi connectivity index (χ3n) is 4.69. The molecule has 0 aliphatic rings. The zero-order chi connectivity index (χ0) is 18.0. The van der Waals surface area contributed by atoms with E-state index in [9.17, 15) is 13.0 Å². The molecule has 0 heterocycles. The fourth-order valence-corrected chi connectivity index (χ4v) is 3.97. The van der Waals surface area contributed by atoms with Crippen LogP contribution in [0.15, 0.2) is 23.1 Å². The molecule has 0 fully saturated rings. The number of unbranched alkanes of at least 4 members (excludes halogenated alkanes) is 4. The van der Waals surface area contributed by atoms with Crippen molar-refractivity contribution in [1.29, 1.82) is 0 Å². The summed E-state index contributed by atoms with van der Waals surface area (Å²) in [6.45, 7) is 6.42. The first-order valence-electron chi connectivity index (χ1n) is 9.52. The van der Waals surface area contributed by atoms with Gasteiger partial charge in [0.25, 0.3) is 0 Å². The number of aryl methyl sites for hydroxylation is 1. The molecule has 0 saturated heterocycles. The van der Waals surface area contributed by atoms with E-state index in [2.05, 4.69) is 20.8 Å². The molecule has 0 N–H and O–H groups in total. The van der Waals surface area contributed by atoms with Crippen LogP contribution in [0.25, 0.3) is 0 Å². The number of hydrogen-bond acceptors (Lipinski definition) is 3. The molecule has 0 radical (unpaired) electrons. The Balaban J connectivity index is 0.00000576. The van der Waals surface area contributed by atoms with E-state index >= 15 is 0 Å². The zero-order valence-electron chi connectivity index (χ0n) is 16.5. The fraction of sp³-hybridized carbons (Fsp3) is 0.700. The van der Waals surface area contributed by atoms with Gasteiger partial charge in [-0.05, 0) is 48.8 Å². The van der Waals surface area contributed by atoms with Crippen LogP contribution < -0.4 is 29.6 Å². The Hall–Kier alpha value is 0.130. The second-order valence-corrected chi connectivity index (χ2v) is 8.11. The molecule has 1 aromatic carbocycles. The maximum Gasteiger partial charge on any atom is 1.00 e. The molecule has 1 atom stereocenters. The van der Waals surface area contributed by atoms with Crippen LogP contribution in [0.1, 0.15) is 95.6 Å². The summed E-state index contributed by atoms with van der Waals surface area (Å²) in [4.78, 5) is 0.00504. The average Bonchev–Trinajstić information content (AvgIpc) is 2.55. The molecule has 0 amide bonds. The summed E-state index contributed by atoms with van der Waals surface area (Å²) in [6.07, 6.45) is 10.5. The third kappa shape index (κ3) is 9.05. The van der Waals surface area contributed by atoms with Crippen LogP contribution in [0.5, 0.6) is 0 Å². The molecule has 0 saturated carbocycles. The quantitative estimate of drug-likeness (QED) is 0.320. The Morgan fingerprint density at radius 1 is 0.920 bits per heavy atom. The Kier molecular flexibility index (Phi) is 13.4. The first-order chi connectivity index (χ1) is 11.4. The Bertz CT molecular complexity index is 585. The SMILES string of the molecule is CCCCCC(CCCC)c1ccc(CCCC)c(S(=O)(=O)[O-])c1.[Na+]. The number of benzene rings is 1. The third-order valence-corrected chi connectivity index (χ3v) is 5.61. The van der Waals surface area contributed by atoms with Crippen LogP contribution in [-0.2, 0) is 16.5 Å². The van der Waals surface area contributed by atoms with Crippen LogP contribution in [0.4, 0.5) is 0 Å². The predicted octanol–water partition coefficient (Wildman–Crippen LogP) is 2.79. The van der Waals surface area contributed by atoms with Crippen molar-refractivity contribution in [3.05, 3.63) is 29.3 Å². The minimum absolute atomic E-state index is 0. The van der Waals surface area contributed by atoms with Gasteiger partial charge in [0.1, 0.15) is 10.1 Å². The summed E-state index contributed by atoms with van der Waals surface area (Å²) in [5.41, 5.74) is 1.70. The summed E-state index contributed by atoms with van der Waals surface area (Å²) in [7, 11) is -4.42. The molecule has 0 aliphatic heterocycles. The van der Waals surface area contributed by atoms with Gasteiger partial charge in [0.05, 0.1) is 4.90 Å². The van der Waals surface area contributed by atoms with Crippen LogP contribution in [-0.4, -0.2) is 13.0 Å². The summed E-state index contributed by atoms with van der Waals surface area (Å²) in [5.74, 6) is 0.359. The summed E-state index contributed by atoms with van der Waals surface area (Å²) in [6, 6.07) is 5.58. The van der Waals surface area contributed by atoms with Crippen molar-refractivity contribution < 1.29 is 42.5 Å². The van der Waals surface area contributed by atoms with Crippen molar-refractivity contribution in [1.82, 2.24) is 0 Å². The van der Waals surface area contributed by atoms with Gasteiger partial charge in [0, 0.05) is 0 Å². The van der Waals surface area contributed by atoms with Crippen molar-refractivity contribution in [2.45, 2.75) is 95.8 Å². The Labute approximate surface area is 177 Å². The van der Waals surface area contributed by atoms with E-state index in [1.165, 1.54) is 12.8 Å². The van der Waals surface area contributed by atoms with E-state index < -0.39 is 10.1 Å². The smallest absolute Gasteiger partial charge is 0.744 e. The molecule has 0 spiro atoms. The number of rotatable bonds is 12. The molecule has 1 aromatic rings. The molecule has 25 heavy (non-hydrogen) atoms. The maximum absolute atomic E-state index is 11.7. The van der Waals surface area contributed by atoms with Gasteiger partial charge in [-0.15, -0.1) is 0 Å². The van der Waals surface area contributed by atoms with E-state index in [1.807, 2.05) is 12.1 Å². The molecule has 0 bridgehead atoms. The van der Waals surface area contributed by atoms with Crippen molar-refractivity contribution in [3.8, 4) is 0 Å². The zero-order valence-corrected chi connectivity index (χ0v) is 19.3. The van der Waals surface area contributed by atoms with E-state index in [4.69, 9.17) is 0 Å². The second kappa shape index (κ2) is 13.3. The van der Waals surface area contributed by atoms with Crippen LogP contribution >= 0.6 is 0 Å². The van der Waals surface area contributed by atoms with Crippen LogP contribution in [0.3, 0.4) is 0 Å². The average molecular weight is 377 g/mol. The van der Waals surface area contributed by atoms with Crippen molar-refractivity contribution >= 4 is 10.1 Å². The van der Waals surface area contributed by atoms with Crippen molar-refractivity contribution in [2.75, 3.05) is 0 Å².